The number of carbonyl (C=O) groups is 4. The molecule has 36 heavy (non-hydrogen) atoms. The topological polar surface area (TPSA) is 148 Å². The molecule has 2 aromatic heterocycles. The number of pyridine rings is 1. The second-order valence-corrected chi connectivity index (χ2v) is 8.20. The smallest absolute Gasteiger partial charge is 0.277 e. The highest BCUT2D eigenvalue weighted by atomic mass is 16.5. The maximum Gasteiger partial charge on any atom is 0.277 e. The lowest BCUT2D eigenvalue weighted by Gasteiger charge is -2.29. The van der Waals surface area contributed by atoms with E-state index in [4.69, 9.17) is 9.26 Å². The van der Waals surface area contributed by atoms with Crippen LogP contribution in [0, 0.1) is 0 Å². The number of benzene rings is 1. The van der Waals surface area contributed by atoms with Crippen molar-refractivity contribution in [2.45, 2.75) is 25.4 Å². The summed E-state index contributed by atoms with van der Waals surface area (Å²) in [5, 5.41) is 6.17. The summed E-state index contributed by atoms with van der Waals surface area (Å²) in [4.78, 5) is 59.8. The van der Waals surface area contributed by atoms with E-state index in [1.807, 2.05) is 0 Å². The second-order valence-electron chi connectivity index (χ2n) is 8.20. The minimum Gasteiger partial charge on any atom is -0.456 e. The minimum atomic E-state index is -1.03. The van der Waals surface area contributed by atoms with Crippen molar-refractivity contribution in [2.24, 2.45) is 0 Å². The van der Waals surface area contributed by atoms with Gasteiger partial charge in [-0.05, 0) is 30.7 Å². The van der Waals surface area contributed by atoms with Gasteiger partial charge in [0.1, 0.15) is 23.2 Å². The first-order valence-electron chi connectivity index (χ1n) is 11.0. The first kappa shape index (κ1) is 22.9. The molecule has 1 N–H and O–H groups in total. The number of nitrogens with zero attached hydrogens (tertiary/aromatic N) is 5. The zero-order valence-corrected chi connectivity index (χ0v) is 19.1. The van der Waals surface area contributed by atoms with Crippen LogP contribution in [-0.4, -0.2) is 61.6 Å². The summed E-state index contributed by atoms with van der Waals surface area (Å²) < 4.78 is 11.1. The lowest BCUT2D eigenvalue weighted by molar-refractivity contribution is -0.150. The highest BCUT2D eigenvalue weighted by Crippen LogP contribution is 2.27. The molecular weight excluding hydrogens is 468 g/mol. The van der Waals surface area contributed by atoms with Crippen LogP contribution in [0.3, 0.4) is 0 Å². The summed E-state index contributed by atoms with van der Waals surface area (Å²) in [5.74, 6) is -0.651. The summed E-state index contributed by atoms with van der Waals surface area (Å²) >= 11 is 0. The normalized spacial score (nSPS) is 17.8. The molecule has 0 aliphatic carbocycles. The van der Waals surface area contributed by atoms with E-state index in [1.54, 1.807) is 55.8 Å². The number of hydrogen-bond donors (Lipinski definition) is 1. The van der Waals surface area contributed by atoms with E-state index >= 15 is 0 Å². The number of likely N-dealkylation sites (N-methyl/N-ethyl adjacent to an activating group) is 1. The number of rotatable bonds is 7. The zero-order valence-electron chi connectivity index (χ0n) is 19.1. The van der Waals surface area contributed by atoms with E-state index in [1.165, 1.54) is 4.90 Å². The maximum atomic E-state index is 12.9. The van der Waals surface area contributed by atoms with Crippen molar-refractivity contribution in [3.8, 4) is 22.9 Å². The van der Waals surface area contributed by atoms with Crippen LogP contribution in [-0.2, 0) is 25.7 Å². The van der Waals surface area contributed by atoms with Gasteiger partial charge in [-0.15, -0.1) is 0 Å². The number of piperidine rings is 1. The summed E-state index contributed by atoms with van der Waals surface area (Å²) in [6.07, 6.45) is 4.54. The Morgan fingerprint density at radius 3 is 2.78 bits per heavy atom. The van der Waals surface area contributed by atoms with Gasteiger partial charge in [-0.3, -0.25) is 34.4 Å². The number of nitrogens with one attached hydrogen (secondary N) is 1. The molecule has 5 rings (SSSR count). The summed E-state index contributed by atoms with van der Waals surface area (Å²) in [6.45, 7) is 0.0485. The van der Waals surface area contributed by atoms with Gasteiger partial charge in [-0.2, -0.15) is 4.98 Å². The number of carbonyl (C=O) groups excluding carboxylic acids is 4. The fourth-order valence-electron chi connectivity index (χ4n) is 3.94. The third kappa shape index (κ3) is 4.56. The van der Waals surface area contributed by atoms with Gasteiger partial charge in [-0.25, -0.2) is 0 Å². The Morgan fingerprint density at radius 1 is 1.17 bits per heavy atom. The molecule has 1 saturated heterocycles. The predicted octanol–water partition coefficient (Wildman–Crippen LogP) is 1.41. The third-order valence-electron chi connectivity index (χ3n) is 5.67. The van der Waals surface area contributed by atoms with Crippen molar-refractivity contribution in [3.05, 3.63) is 66.5 Å². The maximum absolute atomic E-state index is 12.9. The van der Waals surface area contributed by atoms with E-state index in [0.29, 0.717) is 22.9 Å². The van der Waals surface area contributed by atoms with E-state index in [0.717, 1.165) is 11.0 Å². The molecular formula is C24H20N6O6. The van der Waals surface area contributed by atoms with Gasteiger partial charge in [0, 0.05) is 31.3 Å². The lowest BCUT2D eigenvalue weighted by Crippen LogP contribution is -2.54. The largest absolute Gasteiger partial charge is 0.456 e. The lowest BCUT2D eigenvalue weighted by atomic mass is 10.0. The molecule has 0 spiro atoms. The van der Waals surface area contributed by atoms with Gasteiger partial charge >= 0.3 is 0 Å². The van der Waals surface area contributed by atoms with Gasteiger partial charge < -0.3 is 14.2 Å². The molecule has 3 aromatic rings. The number of hydrogen-bond acceptors (Lipinski definition) is 10. The Balaban J connectivity index is 1.26. The van der Waals surface area contributed by atoms with Gasteiger partial charge in [0.15, 0.2) is 0 Å². The molecule has 182 valence electrons. The van der Waals surface area contributed by atoms with Crippen LogP contribution < -0.4 is 10.1 Å². The SMILES string of the molecule is CN(Cc1nc(-c2cccc(Oc3cccnc3)c2)no1)C1=CC(=O)N(C2CCC(=O)NC2=O)C1=O. The fraction of sp³-hybridized carbons (Fsp3) is 0.208. The first-order valence-corrected chi connectivity index (χ1v) is 11.0. The minimum absolute atomic E-state index is 0.0485. The summed E-state index contributed by atoms with van der Waals surface area (Å²) in [5.41, 5.74) is 0.737. The quantitative estimate of drug-likeness (QED) is 0.484. The van der Waals surface area contributed by atoms with E-state index < -0.39 is 29.7 Å². The van der Waals surface area contributed by atoms with E-state index in [2.05, 4.69) is 20.4 Å². The average molecular weight is 488 g/mol. The zero-order chi connectivity index (χ0) is 25.2. The van der Waals surface area contributed by atoms with Crippen molar-refractivity contribution in [1.29, 1.82) is 0 Å². The van der Waals surface area contributed by atoms with Crippen LogP contribution in [0.1, 0.15) is 18.7 Å². The monoisotopic (exact) mass is 488 g/mol. The van der Waals surface area contributed by atoms with Crippen molar-refractivity contribution in [2.75, 3.05) is 7.05 Å². The Hall–Kier alpha value is -4.87. The fourth-order valence-corrected chi connectivity index (χ4v) is 3.94. The van der Waals surface area contributed by atoms with E-state index in [-0.39, 0.29) is 31.0 Å². The van der Waals surface area contributed by atoms with Gasteiger partial charge in [0.25, 0.3) is 11.8 Å². The molecule has 0 saturated carbocycles. The Bertz CT molecular complexity index is 1380. The van der Waals surface area contributed by atoms with Crippen LogP contribution in [0.2, 0.25) is 0 Å². The van der Waals surface area contributed by atoms with Crippen molar-refractivity contribution >= 4 is 23.6 Å². The molecule has 12 heteroatoms. The molecule has 0 radical (unpaired) electrons. The van der Waals surface area contributed by atoms with Crippen molar-refractivity contribution in [3.63, 3.8) is 0 Å². The standard InChI is InChI=1S/C24H20N6O6/c1-29(18-11-21(32)30(24(18)34)17-7-8-19(31)26-23(17)33)13-20-27-22(28-36-20)14-4-2-5-15(10-14)35-16-6-3-9-25-12-16/h2-6,9-12,17H,7-8,13H2,1H3,(H,26,31,33). The highest BCUT2D eigenvalue weighted by molar-refractivity contribution is 6.18. The van der Waals surface area contributed by atoms with Crippen LogP contribution in [0.4, 0.5) is 0 Å². The highest BCUT2D eigenvalue weighted by Gasteiger charge is 2.43. The molecule has 1 fully saturated rings. The molecule has 2 aliphatic heterocycles. The van der Waals surface area contributed by atoms with Gasteiger partial charge in [0.05, 0.1) is 12.7 Å². The molecule has 1 unspecified atom stereocenters. The molecule has 1 aromatic carbocycles. The second kappa shape index (κ2) is 9.41. The number of ether oxygens (including phenoxy) is 1. The Kier molecular flexibility index (Phi) is 5.98. The van der Waals surface area contributed by atoms with Crippen LogP contribution in [0.25, 0.3) is 11.4 Å². The van der Waals surface area contributed by atoms with Gasteiger partial charge in [-0.1, -0.05) is 17.3 Å². The Labute approximate surface area is 204 Å². The molecule has 4 heterocycles. The molecule has 1 atom stereocenters. The Morgan fingerprint density at radius 2 is 2.00 bits per heavy atom. The van der Waals surface area contributed by atoms with Gasteiger partial charge in [0.2, 0.25) is 23.5 Å². The first-order chi connectivity index (χ1) is 17.4. The molecule has 2 aliphatic rings. The predicted molar refractivity (Wildman–Crippen MR) is 122 cm³/mol. The average Bonchev–Trinajstić information content (AvgIpc) is 3.44. The third-order valence-corrected chi connectivity index (χ3v) is 5.67. The molecule has 0 bridgehead atoms. The number of imide groups is 2. The summed E-state index contributed by atoms with van der Waals surface area (Å²) in [7, 11) is 1.59. The molecule has 4 amide bonds. The number of amides is 4. The molecule has 12 nitrogen and oxygen atoms in total. The van der Waals surface area contributed by atoms with Crippen LogP contribution in [0.5, 0.6) is 11.5 Å². The van der Waals surface area contributed by atoms with Crippen molar-refractivity contribution in [1.82, 2.24) is 30.2 Å². The van der Waals surface area contributed by atoms with E-state index in [9.17, 15) is 19.2 Å². The van der Waals surface area contributed by atoms with Crippen molar-refractivity contribution < 1.29 is 28.4 Å². The summed E-state index contributed by atoms with van der Waals surface area (Å²) in [6, 6.07) is 9.66. The number of aromatic nitrogens is 3. The van der Waals surface area contributed by atoms with Crippen LogP contribution >= 0.6 is 0 Å². The van der Waals surface area contributed by atoms with Crippen LogP contribution in [0.15, 0.2) is 65.1 Å².